The Morgan fingerprint density at radius 3 is 2.62 bits per heavy atom. The summed E-state index contributed by atoms with van der Waals surface area (Å²) in [7, 11) is 0. The number of rotatable bonds is 7. The molecular weight excluding hydrogens is 360 g/mol. The van der Waals surface area contributed by atoms with Gasteiger partial charge < -0.3 is 5.32 Å². The average Bonchev–Trinajstić information content (AvgIpc) is 2.74. The van der Waals surface area contributed by atoms with Gasteiger partial charge in [0.05, 0.1) is 11.3 Å². The second-order valence-corrected chi connectivity index (χ2v) is 7.71. The number of benzene rings is 2. The molecule has 0 spiro atoms. The van der Waals surface area contributed by atoms with E-state index in [1.165, 1.54) is 24.0 Å². The second kappa shape index (κ2) is 9.05. The number of hydrogen-bond donors (Lipinski definition) is 2. The highest BCUT2D eigenvalue weighted by atomic mass is 16.1. The molecule has 0 saturated heterocycles. The Labute approximate surface area is 171 Å². The zero-order valence-electron chi connectivity index (χ0n) is 16.9. The fourth-order valence-electron chi connectivity index (χ4n) is 3.79. The van der Waals surface area contributed by atoms with Crippen molar-refractivity contribution in [3.63, 3.8) is 0 Å². The third kappa shape index (κ3) is 4.93. The lowest BCUT2D eigenvalue weighted by Crippen LogP contribution is -2.35. The van der Waals surface area contributed by atoms with Crippen molar-refractivity contribution in [1.82, 2.24) is 14.9 Å². The van der Waals surface area contributed by atoms with Crippen molar-refractivity contribution in [2.75, 3.05) is 11.9 Å². The van der Waals surface area contributed by atoms with E-state index in [-0.39, 0.29) is 5.56 Å². The zero-order chi connectivity index (χ0) is 20.1. The van der Waals surface area contributed by atoms with Crippen molar-refractivity contribution < 1.29 is 0 Å². The fourth-order valence-corrected chi connectivity index (χ4v) is 3.79. The van der Waals surface area contributed by atoms with E-state index in [2.05, 4.69) is 63.5 Å². The highest BCUT2D eigenvalue weighted by molar-refractivity contribution is 5.54. The van der Waals surface area contributed by atoms with Crippen LogP contribution in [0.2, 0.25) is 0 Å². The van der Waals surface area contributed by atoms with E-state index >= 15 is 0 Å². The Hall–Kier alpha value is -2.92. The maximum atomic E-state index is 12.7. The van der Waals surface area contributed by atoms with E-state index in [0.29, 0.717) is 12.5 Å². The van der Waals surface area contributed by atoms with Gasteiger partial charge in [-0.05, 0) is 36.1 Å². The second-order valence-electron chi connectivity index (χ2n) is 7.71. The number of hydrogen-bond acceptors (Lipinski definition) is 4. The third-order valence-corrected chi connectivity index (χ3v) is 5.43. The summed E-state index contributed by atoms with van der Waals surface area (Å²) in [5.74, 6) is 0.520. The summed E-state index contributed by atoms with van der Waals surface area (Å²) in [4.78, 5) is 22.6. The van der Waals surface area contributed by atoms with Crippen molar-refractivity contribution >= 4 is 11.6 Å². The standard InChI is InChI=1S/C24H28N4O/c1-2-3-7-18-10-12-20(13-11-18)25-24-26-22-14-15-28(17-21(22)23(29)27-24)16-19-8-5-4-6-9-19/h4-6,8-13H,2-3,7,14-17H2,1H3,(H2,25,26,27,29). The summed E-state index contributed by atoms with van der Waals surface area (Å²) < 4.78 is 0. The van der Waals surface area contributed by atoms with Gasteiger partial charge in [0.15, 0.2) is 0 Å². The molecule has 1 aliphatic heterocycles. The molecule has 0 radical (unpaired) electrons. The summed E-state index contributed by atoms with van der Waals surface area (Å²) >= 11 is 0. The maximum absolute atomic E-state index is 12.7. The van der Waals surface area contributed by atoms with E-state index in [1.807, 2.05) is 18.2 Å². The Kier molecular flexibility index (Phi) is 6.06. The van der Waals surface area contributed by atoms with Crippen molar-refractivity contribution in [2.45, 2.75) is 45.7 Å². The van der Waals surface area contributed by atoms with Gasteiger partial charge in [-0.15, -0.1) is 0 Å². The topological polar surface area (TPSA) is 61.0 Å². The summed E-state index contributed by atoms with van der Waals surface area (Å²) in [6.07, 6.45) is 4.29. The van der Waals surface area contributed by atoms with Crippen LogP contribution in [0.25, 0.3) is 0 Å². The minimum atomic E-state index is -0.0465. The summed E-state index contributed by atoms with van der Waals surface area (Å²) in [5, 5.41) is 3.25. The number of aryl methyl sites for hydroxylation is 1. The van der Waals surface area contributed by atoms with Crippen LogP contribution in [0, 0.1) is 0 Å². The quantitative estimate of drug-likeness (QED) is 0.629. The van der Waals surface area contributed by atoms with Gasteiger partial charge in [-0.3, -0.25) is 14.7 Å². The number of fused-ring (bicyclic) bond motifs is 1. The van der Waals surface area contributed by atoms with E-state index in [4.69, 9.17) is 0 Å². The molecule has 4 rings (SSSR count). The first-order valence-corrected chi connectivity index (χ1v) is 10.5. The van der Waals surface area contributed by atoms with Gasteiger partial charge in [0.2, 0.25) is 5.95 Å². The first-order valence-electron chi connectivity index (χ1n) is 10.5. The zero-order valence-corrected chi connectivity index (χ0v) is 16.9. The van der Waals surface area contributed by atoms with Gasteiger partial charge in [0, 0.05) is 31.7 Å². The van der Waals surface area contributed by atoms with Crippen LogP contribution in [0.3, 0.4) is 0 Å². The molecule has 1 aliphatic rings. The van der Waals surface area contributed by atoms with E-state index in [9.17, 15) is 4.79 Å². The lowest BCUT2D eigenvalue weighted by Gasteiger charge is -2.27. The van der Waals surface area contributed by atoms with Gasteiger partial charge in [-0.1, -0.05) is 55.8 Å². The highest BCUT2D eigenvalue weighted by Crippen LogP contribution is 2.19. The molecule has 0 fully saturated rings. The lowest BCUT2D eigenvalue weighted by atomic mass is 10.1. The smallest absolute Gasteiger partial charge is 0.257 e. The first-order chi connectivity index (χ1) is 14.2. The molecule has 2 N–H and O–H groups in total. The maximum Gasteiger partial charge on any atom is 0.257 e. The number of nitrogens with one attached hydrogen (secondary N) is 2. The molecule has 0 atom stereocenters. The Bertz CT molecular complexity index is 996. The molecule has 29 heavy (non-hydrogen) atoms. The van der Waals surface area contributed by atoms with E-state index < -0.39 is 0 Å². The number of unbranched alkanes of at least 4 members (excludes halogenated alkanes) is 1. The van der Waals surface area contributed by atoms with Crippen LogP contribution in [-0.2, 0) is 25.9 Å². The van der Waals surface area contributed by atoms with Crippen LogP contribution in [0.5, 0.6) is 0 Å². The minimum absolute atomic E-state index is 0.0465. The average molecular weight is 389 g/mol. The van der Waals surface area contributed by atoms with E-state index in [0.717, 1.165) is 42.9 Å². The van der Waals surface area contributed by atoms with Crippen LogP contribution in [-0.4, -0.2) is 21.4 Å². The number of aromatic amines is 1. The molecule has 0 aliphatic carbocycles. The predicted octanol–water partition coefficient (Wildman–Crippen LogP) is 4.41. The molecule has 150 valence electrons. The molecule has 0 unspecified atom stereocenters. The Morgan fingerprint density at radius 2 is 1.86 bits per heavy atom. The van der Waals surface area contributed by atoms with Crippen LogP contribution in [0.1, 0.15) is 42.1 Å². The normalized spacial score (nSPS) is 13.8. The summed E-state index contributed by atoms with van der Waals surface area (Å²) in [6, 6.07) is 18.7. The number of nitrogens with zero attached hydrogens (tertiary/aromatic N) is 2. The predicted molar refractivity (Wildman–Crippen MR) is 117 cm³/mol. The highest BCUT2D eigenvalue weighted by Gasteiger charge is 2.21. The van der Waals surface area contributed by atoms with Crippen LogP contribution < -0.4 is 10.9 Å². The molecule has 0 bridgehead atoms. The Morgan fingerprint density at radius 1 is 1.07 bits per heavy atom. The van der Waals surface area contributed by atoms with Crippen molar-refractivity contribution in [1.29, 1.82) is 0 Å². The van der Waals surface area contributed by atoms with Gasteiger partial charge in [0.25, 0.3) is 5.56 Å². The number of H-pyrrole nitrogens is 1. The van der Waals surface area contributed by atoms with Crippen LogP contribution in [0.4, 0.5) is 11.6 Å². The SMILES string of the molecule is CCCCc1ccc(Nc2nc3c(c(=O)[nH]2)CN(Cc2ccccc2)CC3)cc1. The number of anilines is 2. The Balaban J connectivity index is 1.44. The summed E-state index contributed by atoms with van der Waals surface area (Å²) in [6.45, 7) is 4.60. The van der Waals surface area contributed by atoms with Crippen molar-refractivity contribution in [2.24, 2.45) is 0 Å². The van der Waals surface area contributed by atoms with Gasteiger partial charge in [-0.2, -0.15) is 0 Å². The number of aromatic nitrogens is 2. The van der Waals surface area contributed by atoms with Crippen LogP contribution >= 0.6 is 0 Å². The first kappa shape index (κ1) is 19.4. The molecule has 1 aromatic heterocycles. The molecule has 3 aromatic rings. The molecule has 0 amide bonds. The van der Waals surface area contributed by atoms with Crippen molar-refractivity contribution in [3.8, 4) is 0 Å². The molecule has 2 heterocycles. The van der Waals surface area contributed by atoms with Crippen LogP contribution in [0.15, 0.2) is 59.4 Å². The molecule has 5 nitrogen and oxygen atoms in total. The van der Waals surface area contributed by atoms with Crippen molar-refractivity contribution in [3.05, 3.63) is 87.3 Å². The van der Waals surface area contributed by atoms with Gasteiger partial charge in [-0.25, -0.2) is 4.98 Å². The van der Waals surface area contributed by atoms with Gasteiger partial charge >= 0.3 is 0 Å². The molecule has 0 saturated carbocycles. The minimum Gasteiger partial charge on any atom is -0.326 e. The molecule has 5 heteroatoms. The molecular formula is C24H28N4O. The van der Waals surface area contributed by atoms with E-state index in [1.54, 1.807) is 0 Å². The largest absolute Gasteiger partial charge is 0.326 e. The lowest BCUT2D eigenvalue weighted by molar-refractivity contribution is 0.242. The molecule has 2 aromatic carbocycles. The third-order valence-electron chi connectivity index (χ3n) is 5.43. The fraction of sp³-hybridized carbons (Fsp3) is 0.333. The summed E-state index contributed by atoms with van der Waals surface area (Å²) in [5.41, 5.74) is 5.18. The van der Waals surface area contributed by atoms with Gasteiger partial charge in [0.1, 0.15) is 0 Å². The monoisotopic (exact) mass is 388 g/mol.